The first-order chi connectivity index (χ1) is 8.72. The molecule has 0 spiro atoms. The third-order valence-corrected chi connectivity index (χ3v) is 3.76. The summed E-state index contributed by atoms with van der Waals surface area (Å²) < 4.78 is 1.71. The molecule has 0 unspecified atom stereocenters. The van der Waals surface area contributed by atoms with Crippen molar-refractivity contribution in [1.82, 2.24) is 9.55 Å². The molecule has 0 saturated heterocycles. The minimum atomic E-state index is -0.742. The SMILES string of the molecule is CC(C)(Cn1c(N)nc2cc(Cl)c(Cl)cc21)C(N)=O. The average molecular weight is 301 g/mol. The van der Waals surface area contributed by atoms with Gasteiger partial charge >= 0.3 is 0 Å². The van der Waals surface area contributed by atoms with E-state index in [1.807, 2.05) is 0 Å². The van der Waals surface area contributed by atoms with E-state index in [9.17, 15) is 4.79 Å². The van der Waals surface area contributed by atoms with Gasteiger partial charge in [-0.15, -0.1) is 0 Å². The fraction of sp³-hybridized carbons (Fsp3) is 0.333. The number of nitrogen functional groups attached to an aromatic ring is 1. The van der Waals surface area contributed by atoms with Gasteiger partial charge in [-0.25, -0.2) is 4.98 Å². The summed E-state index contributed by atoms with van der Waals surface area (Å²) in [5.74, 6) is -0.114. The first kappa shape index (κ1) is 14.0. The monoisotopic (exact) mass is 300 g/mol. The summed E-state index contributed by atoms with van der Waals surface area (Å²) in [6.45, 7) is 3.82. The number of aromatic nitrogens is 2. The summed E-state index contributed by atoms with van der Waals surface area (Å²) in [4.78, 5) is 15.6. The van der Waals surface area contributed by atoms with Crippen LogP contribution in [0.3, 0.4) is 0 Å². The van der Waals surface area contributed by atoms with E-state index in [0.29, 0.717) is 28.1 Å². The highest BCUT2D eigenvalue weighted by atomic mass is 35.5. The molecule has 2 rings (SSSR count). The Morgan fingerprint density at radius 3 is 2.53 bits per heavy atom. The van der Waals surface area contributed by atoms with Crippen LogP contribution in [0.25, 0.3) is 11.0 Å². The number of amides is 1. The lowest BCUT2D eigenvalue weighted by atomic mass is 9.92. The summed E-state index contributed by atoms with van der Waals surface area (Å²) in [5.41, 5.74) is 11.9. The maximum absolute atomic E-state index is 11.4. The number of anilines is 1. The number of hydrogen-bond donors (Lipinski definition) is 2. The lowest BCUT2D eigenvalue weighted by Gasteiger charge is -2.22. The van der Waals surface area contributed by atoms with Crippen molar-refractivity contribution < 1.29 is 4.79 Å². The van der Waals surface area contributed by atoms with E-state index in [0.717, 1.165) is 5.52 Å². The molecule has 0 bridgehead atoms. The molecule has 1 aromatic heterocycles. The minimum absolute atomic E-state index is 0.294. The van der Waals surface area contributed by atoms with Gasteiger partial charge in [-0.05, 0) is 26.0 Å². The predicted octanol–water partition coefficient (Wildman–Crippen LogP) is 2.44. The summed E-state index contributed by atoms with van der Waals surface area (Å²) in [7, 11) is 0. The number of rotatable bonds is 3. The normalized spacial score (nSPS) is 12.0. The van der Waals surface area contributed by atoms with Crippen LogP contribution in [0.4, 0.5) is 5.95 Å². The van der Waals surface area contributed by atoms with E-state index >= 15 is 0 Å². The van der Waals surface area contributed by atoms with Gasteiger partial charge in [-0.1, -0.05) is 23.2 Å². The van der Waals surface area contributed by atoms with Crippen molar-refractivity contribution in [3.8, 4) is 0 Å². The molecule has 0 aliphatic rings. The molecule has 1 heterocycles. The van der Waals surface area contributed by atoms with Gasteiger partial charge in [-0.3, -0.25) is 4.79 Å². The number of benzene rings is 1. The summed E-state index contributed by atoms with van der Waals surface area (Å²) in [6.07, 6.45) is 0. The standard InChI is InChI=1S/C12H14Cl2N4O/c1-12(2,10(15)19)5-18-9-4-7(14)6(13)3-8(9)17-11(18)16/h3-4H,5H2,1-2H3,(H2,15,19)(H2,16,17). The molecule has 0 saturated carbocycles. The van der Waals surface area contributed by atoms with Crippen LogP contribution in [-0.4, -0.2) is 15.5 Å². The Morgan fingerprint density at radius 1 is 1.37 bits per heavy atom. The van der Waals surface area contributed by atoms with E-state index in [2.05, 4.69) is 4.98 Å². The Hall–Kier alpha value is -1.46. The number of carbonyl (C=O) groups excluding carboxylic acids is 1. The lowest BCUT2D eigenvalue weighted by molar-refractivity contribution is -0.126. The number of carbonyl (C=O) groups is 1. The van der Waals surface area contributed by atoms with Gasteiger partial charge < -0.3 is 16.0 Å². The van der Waals surface area contributed by atoms with Crippen LogP contribution in [0.2, 0.25) is 10.0 Å². The Morgan fingerprint density at radius 2 is 1.95 bits per heavy atom. The molecule has 0 radical (unpaired) electrons. The van der Waals surface area contributed by atoms with Gasteiger partial charge in [0.15, 0.2) is 0 Å². The second kappa shape index (κ2) is 4.58. The second-order valence-electron chi connectivity index (χ2n) is 5.06. The first-order valence-corrected chi connectivity index (χ1v) is 6.38. The maximum Gasteiger partial charge on any atom is 0.224 e. The van der Waals surface area contributed by atoms with E-state index in [-0.39, 0.29) is 0 Å². The van der Waals surface area contributed by atoms with Gasteiger partial charge in [0, 0.05) is 6.54 Å². The lowest BCUT2D eigenvalue weighted by Crippen LogP contribution is -2.35. The Labute approximate surface area is 120 Å². The van der Waals surface area contributed by atoms with Crippen molar-refractivity contribution in [2.24, 2.45) is 11.1 Å². The number of hydrogen-bond acceptors (Lipinski definition) is 3. The molecule has 1 aromatic carbocycles. The summed E-state index contributed by atoms with van der Waals surface area (Å²) in [5, 5.41) is 0.820. The highest BCUT2D eigenvalue weighted by Gasteiger charge is 2.27. The van der Waals surface area contributed by atoms with Crippen molar-refractivity contribution in [2.75, 3.05) is 5.73 Å². The Kier molecular flexibility index (Phi) is 3.36. The molecule has 5 nitrogen and oxygen atoms in total. The van der Waals surface area contributed by atoms with Crippen molar-refractivity contribution >= 4 is 46.1 Å². The molecular formula is C12H14Cl2N4O. The van der Waals surface area contributed by atoms with Crippen LogP contribution < -0.4 is 11.5 Å². The van der Waals surface area contributed by atoms with E-state index in [4.69, 9.17) is 34.7 Å². The van der Waals surface area contributed by atoms with Crippen LogP contribution >= 0.6 is 23.2 Å². The number of halogens is 2. The third kappa shape index (κ3) is 2.48. The largest absolute Gasteiger partial charge is 0.369 e. The van der Waals surface area contributed by atoms with Gasteiger partial charge in [0.1, 0.15) is 0 Å². The molecule has 0 aliphatic heterocycles. The zero-order valence-corrected chi connectivity index (χ0v) is 12.1. The molecule has 0 aliphatic carbocycles. The molecule has 1 amide bonds. The van der Waals surface area contributed by atoms with Crippen LogP contribution in [0.15, 0.2) is 12.1 Å². The molecule has 19 heavy (non-hydrogen) atoms. The molecule has 102 valence electrons. The van der Waals surface area contributed by atoms with Crippen LogP contribution in [0, 0.1) is 5.41 Å². The highest BCUT2D eigenvalue weighted by molar-refractivity contribution is 6.42. The van der Waals surface area contributed by atoms with E-state index in [1.54, 1.807) is 30.5 Å². The van der Waals surface area contributed by atoms with Crippen LogP contribution in [-0.2, 0) is 11.3 Å². The molecule has 0 atom stereocenters. The number of nitrogens with two attached hydrogens (primary N) is 2. The quantitative estimate of drug-likeness (QED) is 0.912. The topological polar surface area (TPSA) is 86.9 Å². The molecule has 4 N–H and O–H groups in total. The fourth-order valence-electron chi connectivity index (χ4n) is 1.78. The minimum Gasteiger partial charge on any atom is -0.369 e. The second-order valence-corrected chi connectivity index (χ2v) is 5.87. The number of primary amides is 1. The number of fused-ring (bicyclic) bond motifs is 1. The van der Waals surface area contributed by atoms with Crippen molar-refractivity contribution in [3.63, 3.8) is 0 Å². The van der Waals surface area contributed by atoms with Gasteiger partial charge in [0.2, 0.25) is 11.9 Å². The zero-order chi connectivity index (χ0) is 14.4. The van der Waals surface area contributed by atoms with Crippen molar-refractivity contribution in [1.29, 1.82) is 0 Å². The van der Waals surface area contributed by atoms with Crippen LogP contribution in [0.5, 0.6) is 0 Å². The van der Waals surface area contributed by atoms with Gasteiger partial charge in [0.05, 0.1) is 26.5 Å². The number of nitrogens with zero attached hydrogens (tertiary/aromatic N) is 2. The Bertz CT molecular complexity index is 663. The van der Waals surface area contributed by atoms with Crippen LogP contribution in [0.1, 0.15) is 13.8 Å². The predicted molar refractivity (Wildman–Crippen MR) is 77.1 cm³/mol. The summed E-state index contributed by atoms with van der Waals surface area (Å²) >= 11 is 11.9. The maximum atomic E-state index is 11.4. The summed E-state index contributed by atoms with van der Waals surface area (Å²) in [6, 6.07) is 3.32. The Balaban J connectivity index is 2.58. The molecule has 7 heteroatoms. The highest BCUT2D eigenvalue weighted by Crippen LogP contribution is 2.30. The zero-order valence-electron chi connectivity index (χ0n) is 10.6. The number of imidazole rings is 1. The van der Waals surface area contributed by atoms with Crippen molar-refractivity contribution in [2.45, 2.75) is 20.4 Å². The van der Waals surface area contributed by atoms with Gasteiger partial charge in [-0.2, -0.15) is 0 Å². The molecule has 0 fully saturated rings. The molecule has 2 aromatic rings. The first-order valence-electron chi connectivity index (χ1n) is 5.63. The van der Waals surface area contributed by atoms with E-state index in [1.165, 1.54) is 0 Å². The average Bonchev–Trinajstić information content (AvgIpc) is 2.56. The fourth-order valence-corrected chi connectivity index (χ4v) is 2.09. The van der Waals surface area contributed by atoms with Gasteiger partial charge in [0.25, 0.3) is 0 Å². The van der Waals surface area contributed by atoms with Crippen molar-refractivity contribution in [3.05, 3.63) is 22.2 Å². The smallest absolute Gasteiger partial charge is 0.224 e. The molecular weight excluding hydrogens is 287 g/mol. The van der Waals surface area contributed by atoms with E-state index < -0.39 is 11.3 Å². The third-order valence-electron chi connectivity index (χ3n) is 3.04.